The molecule has 0 unspecified atom stereocenters. The molecule has 1 aliphatic rings. The smallest absolute Gasteiger partial charge is 0.248 e. The second-order valence-electron chi connectivity index (χ2n) is 5.80. The minimum Gasteiger partial charge on any atom is -0.340 e. The molecule has 1 heterocycles. The van der Waals surface area contributed by atoms with Crippen LogP contribution >= 0.6 is 0 Å². The fourth-order valence-electron chi connectivity index (χ4n) is 2.95. The van der Waals surface area contributed by atoms with Gasteiger partial charge in [-0.2, -0.15) is 0 Å². The molecule has 1 saturated heterocycles. The van der Waals surface area contributed by atoms with Gasteiger partial charge in [0.25, 0.3) is 0 Å². The van der Waals surface area contributed by atoms with Gasteiger partial charge in [0.15, 0.2) is 0 Å². The molecule has 0 radical (unpaired) electrons. The molecule has 0 aromatic heterocycles. The molecule has 2 rings (SSSR count). The number of benzene rings is 1. The van der Waals surface area contributed by atoms with Gasteiger partial charge in [-0.3, -0.25) is 9.59 Å². The van der Waals surface area contributed by atoms with Crippen LogP contribution in [0.1, 0.15) is 37.8 Å². The number of hydrogen-bond donors (Lipinski definition) is 1. The molecule has 1 fully saturated rings. The highest BCUT2D eigenvalue weighted by atomic mass is 16.2. The van der Waals surface area contributed by atoms with E-state index in [9.17, 15) is 9.59 Å². The third-order valence-corrected chi connectivity index (χ3v) is 4.37. The molecule has 0 spiro atoms. The van der Waals surface area contributed by atoms with E-state index in [1.807, 2.05) is 19.9 Å². The summed E-state index contributed by atoms with van der Waals surface area (Å²) in [6.07, 6.45) is 2.05. The summed E-state index contributed by atoms with van der Waals surface area (Å²) in [5, 5.41) is 2.89. The van der Waals surface area contributed by atoms with Crippen LogP contribution in [0.4, 0.5) is 0 Å². The van der Waals surface area contributed by atoms with E-state index in [1.54, 1.807) is 4.90 Å². The molecule has 1 aromatic carbocycles. The Hall–Kier alpha value is -1.84. The monoisotopic (exact) mass is 288 g/mol. The number of amides is 2. The topological polar surface area (TPSA) is 49.4 Å². The number of hydrogen-bond acceptors (Lipinski definition) is 2. The van der Waals surface area contributed by atoms with Gasteiger partial charge >= 0.3 is 0 Å². The van der Waals surface area contributed by atoms with Crippen LogP contribution in [0, 0.1) is 6.92 Å². The summed E-state index contributed by atoms with van der Waals surface area (Å²) < 4.78 is 0. The van der Waals surface area contributed by atoms with Crippen LogP contribution in [0.25, 0.3) is 0 Å². The van der Waals surface area contributed by atoms with E-state index in [0.717, 1.165) is 6.42 Å². The van der Waals surface area contributed by atoms with Gasteiger partial charge in [-0.15, -0.1) is 0 Å². The van der Waals surface area contributed by atoms with Gasteiger partial charge in [0.05, 0.1) is 6.54 Å². The SMILES string of the molecule is CCC1(CC)NC(=O)CN(CCc2cccc(C)c2)C1=O. The molecule has 0 aliphatic carbocycles. The van der Waals surface area contributed by atoms with E-state index in [4.69, 9.17) is 0 Å². The number of aryl methyl sites for hydroxylation is 1. The molecule has 4 nitrogen and oxygen atoms in total. The predicted octanol–water partition coefficient (Wildman–Crippen LogP) is 2.05. The van der Waals surface area contributed by atoms with Crippen molar-refractivity contribution in [2.45, 2.75) is 45.6 Å². The van der Waals surface area contributed by atoms with E-state index < -0.39 is 5.54 Å². The minimum atomic E-state index is -0.706. The van der Waals surface area contributed by atoms with E-state index in [1.165, 1.54) is 11.1 Å². The average Bonchev–Trinajstić information content (AvgIpc) is 2.48. The largest absolute Gasteiger partial charge is 0.340 e. The lowest BCUT2D eigenvalue weighted by Crippen LogP contribution is -2.66. The molecule has 0 bridgehead atoms. The van der Waals surface area contributed by atoms with Crippen molar-refractivity contribution < 1.29 is 9.59 Å². The number of nitrogens with one attached hydrogen (secondary N) is 1. The molecule has 1 N–H and O–H groups in total. The van der Waals surface area contributed by atoms with Crippen molar-refractivity contribution in [2.24, 2.45) is 0 Å². The zero-order valence-electron chi connectivity index (χ0n) is 13.1. The fourth-order valence-corrected chi connectivity index (χ4v) is 2.95. The van der Waals surface area contributed by atoms with Crippen LogP contribution in [-0.4, -0.2) is 35.3 Å². The summed E-state index contributed by atoms with van der Waals surface area (Å²) in [6.45, 7) is 6.73. The van der Waals surface area contributed by atoms with Crippen molar-refractivity contribution in [1.82, 2.24) is 10.2 Å². The van der Waals surface area contributed by atoms with Crippen molar-refractivity contribution in [3.05, 3.63) is 35.4 Å². The van der Waals surface area contributed by atoms with E-state index in [-0.39, 0.29) is 18.4 Å². The maximum absolute atomic E-state index is 12.7. The summed E-state index contributed by atoms with van der Waals surface area (Å²) in [4.78, 5) is 26.3. The summed E-state index contributed by atoms with van der Waals surface area (Å²) in [5.41, 5.74) is 1.71. The fraction of sp³-hybridized carbons (Fsp3) is 0.529. The van der Waals surface area contributed by atoms with Crippen LogP contribution in [0.5, 0.6) is 0 Å². The Morgan fingerprint density at radius 3 is 2.57 bits per heavy atom. The number of piperazine rings is 1. The molecule has 1 aliphatic heterocycles. The number of nitrogens with zero attached hydrogens (tertiary/aromatic N) is 1. The van der Waals surface area contributed by atoms with E-state index in [2.05, 4.69) is 30.4 Å². The van der Waals surface area contributed by atoms with Crippen molar-refractivity contribution in [3.63, 3.8) is 0 Å². The molecule has 4 heteroatoms. The lowest BCUT2D eigenvalue weighted by Gasteiger charge is -2.41. The third-order valence-electron chi connectivity index (χ3n) is 4.37. The van der Waals surface area contributed by atoms with Crippen molar-refractivity contribution >= 4 is 11.8 Å². The van der Waals surface area contributed by atoms with Crippen molar-refractivity contribution in [2.75, 3.05) is 13.1 Å². The van der Waals surface area contributed by atoms with E-state index in [0.29, 0.717) is 19.4 Å². The van der Waals surface area contributed by atoms with Crippen molar-refractivity contribution in [3.8, 4) is 0 Å². The Morgan fingerprint density at radius 1 is 1.24 bits per heavy atom. The first-order chi connectivity index (χ1) is 10.0. The standard InChI is InChI=1S/C17H24N2O2/c1-4-17(5-2)16(21)19(12-15(20)18-17)10-9-14-8-6-7-13(3)11-14/h6-8,11H,4-5,9-10,12H2,1-3H3,(H,18,20). The van der Waals surface area contributed by atoms with Crippen LogP contribution in [0.3, 0.4) is 0 Å². The maximum Gasteiger partial charge on any atom is 0.248 e. The van der Waals surface area contributed by atoms with Gasteiger partial charge < -0.3 is 10.2 Å². The van der Waals surface area contributed by atoms with Crippen molar-refractivity contribution in [1.29, 1.82) is 0 Å². The summed E-state index contributed by atoms with van der Waals surface area (Å²) in [7, 11) is 0. The molecule has 0 saturated carbocycles. The maximum atomic E-state index is 12.7. The van der Waals surface area contributed by atoms with Gasteiger partial charge in [0, 0.05) is 6.54 Å². The quantitative estimate of drug-likeness (QED) is 0.901. The number of carbonyl (C=O) groups is 2. The zero-order valence-corrected chi connectivity index (χ0v) is 13.1. The highest BCUT2D eigenvalue weighted by molar-refractivity contribution is 5.97. The number of carbonyl (C=O) groups excluding carboxylic acids is 2. The Morgan fingerprint density at radius 2 is 1.95 bits per heavy atom. The first-order valence-corrected chi connectivity index (χ1v) is 7.66. The summed E-state index contributed by atoms with van der Waals surface area (Å²) in [6, 6.07) is 8.27. The Bertz CT molecular complexity index is 535. The molecular weight excluding hydrogens is 264 g/mol. The normalized spacial score (nSPS) is 17.8. The predicted molar refractivity (Wildman–Crippen MR) is 82.9 cm³/mol. The number of rotatable bonds is 5. The Balaban J connectivity index is 2.08. The second kappa shape index (κ2) is 6.29. The highest BCUT2D eigenvalue weighted by Crippen LogP contribution is 2.22. The molecule has 0 atom stereocenters. The van der Waals surface area contributed by atoms with Gasteiger partial charge in [-0.25, -0.2) is 0 Å². The van der Waals surface area contributed by atoms with Gasteiger partial charge in [-0.05, 0) is 31.7 Å². The summed E-state index contributed by atoms with van der Waals surface area (Å²) in [5.74, 6) is 0.00213. The average molecular weight is 288 g/mol. The van der Waals surface area contributed by atoms with Crippen LogP contribution < -0.4 is 5.32 Å². The zero-order chi connectivity index (χ0) is 15.5. The third kappa shape index (κ3) is 3.26. The Labute approximate surface area is 126 Å². The minimum absolute atomic E-state index is 0.0532. The lowest BCUT2D eigenvalue weighted by atomic mass is 9.89. The molecule has 114 valence electrons. The summed E-state index contributed by atoms with van der Waals surface area (Å²) >= 11 is 0. The van der Waals surface area contributed by atoms with Crippen LogP contribution in [0.2, 0.25) is 0 Å². The molecule has 2 amide bonds. The first-order valence-electron chi connectivity index (χ1n) is 7.66. The molecular formula is C17H24N2O2. The second-order valence-corrected chi connectivity index (χ2v) is 5.80. The van der Waals surface area contributed by atoms with Gasteiger partial charge in [0.1, 0.15) is 5.54 Å². The van der Waals surface area contributed by atoms with Gasteiger partial charge in [-0.1, -0.05) is 43.7 Å². The van der Waals surface area contributed by atoms with Gasteiger partial charge in [0.2, 0.25) is 11.8 Å². The van der Waals surface area contributed by atoms with E-state index >= 15 is 0 Å². The highest BCUT2D eigenvalue weighted by Gasteiger charge is 2.43. The van der Waals surface area contributed by atoms with Crippen LogP contribution in [0.15, 0.2) is 24.3 Å². The lowest BCUT2D eigenvalue weighted by molar-refractivity contribution is -0.150. The Kier molecular flexibility index (Phi) is 4.66. The van der Waals surface area contributed by atoms with Crippen LogP contribution in [-0.2, 0) is 16.0 Å². The molecule has 1 aromatic rings. The molecule has 21 heavy (non-hydrogen) atoms. The first kappa shape index (κ1) is 15.5.